The van der Waals surface area contributed by atoms with Crippen molar-refractivity contribution in [1.29, 1.82) is 0 Å². The molecule has 20 heavy (non-hydrogen) atoms. The molecule has 0 aromatic heterocycles. The number of hydrogen-bond donors (Lipinski definition) is 0. The highest BCUT2D eigenvalue weighted by Gasteiger charge is 2.28. The van der Waals surface area contributed by atoms with Crippen molar-refractivity contribution in [2.24, 2.45) is 11.8 Å². The minimum absolute atomic E-state index is 0.0120. The third-order valence-electron chi connectivity index (χ3n) is 4.86. The molecule has 3 nitrogen and oxygen atoms in total. The molecule has 0 N–H and O–H groups in total. The molecule has 0 aromatic rings. The SMILES string of the molecule is CCCOC1CCC(CCC2CCC(C)C(=O)O2)CC1. The lowest BCUT2D eigenvalue weighted by Gasteiger charge is -2.31. The van der Waals surface area contributed by atoms with Gasteiger partial charge in [-0.2, -0.15) is 0 Å². The van der Waals surface area contributed by atoms with Gasteiger partial charge in [0.1, 0.15) is 6.10 Å². The molecule has 2 atom stereocenters. The van der Waals surface area contributed by atoms with E-state index in [0.717, 1.165) is 38.2 Å². The molecule has 2 aliphatic rings. The van der Waals surface area contributed by atoms with Crippen LogP contribution in [0.5, 0.6) is 0 Å². The summed E-state index contributed by atoms with van der Waals surface area (Å²) in [7, 11) is 0. The minimum atomic E-state index is 0.0120. The molecule has 2 unspecified atom stereocenters. The molecular weight excluding hydrogens is 252 g/mol. The highest BCUT2D eigenvalue weighted by atomic mass is 16.5. The van der Waals surface area contributed by atoms with Crippen LogP contribution in [-0.4, -0.2) is 24.8 Å². The summed E-state index contributed by atoms with van der Waals surface area (Å²) in [6.45, 7) is 5.04. The third kappa shape index (κ3) is 4.76. The van der Waals surface area contributed by atoms with Gasteiger partial charge < -0.3 is 9.47 Å². The Kier molecular flexibility index (Phi) is 6.34. The molecule has 3 heteroatoms. The van der Waals surface area contributed by atoms with Gasteiger partial charge in [0.2, 0.25) is 0 Å². The van der Waals surface area contributed by atoms with Crippen LogP contribution in [0.4, 0.5) is 0 Å². The fourth-order valence-corrected chi connectivity index (χ4v) is 3.39. The van der Waals surface area contributed by atoms with Gasteiger partial charge in [-0.15, -0.1) is 0 Å². The van der Waals surface area contributed by atoms with Gasteiger partial charge >= 0.3 is 5.97 Å². The third-order valence-corrected chi connectivity index (χ3v) is 4.86. The van der Waals surface area contributed by atoms with Crippen molar-refractivity contribution in [3.05, 3.63) is 0 Å². The summed E-state index contributed by atoms with van der Waals surface area (Å²) < 4.78 is 11.3. The Morgan fingerprint density at radius 1 is 1.10 bits per heavy atom. The van der Waals surface area contributed by atoms with Crippen molar-refractivity contribution in [3.8, 4) is 0 Å². The van der Waals surface area contributed by atoms with Gasteiger partial charge in [0, 0.05) is 6.61 Å². The number of ether oxygens (including phenoxy) is 2. The fraction of sp³-hybridized carbons (Fsp3) is 0.941. The predicted octanol–water partition coefficient (Wildman–Crippen LogP) is 4.09. The maximum absolute atomic E-state index is 11.6. The van der Waals surface area contributed by atoms with Crippen molar-refractivity contribution in [3.63, 3.8) is 0 Å². The predicted molar refractivity (Wildman–Crippen MR) is 79.5 cm³/mol. The van der Waals surface area contributed by atoms with E-state index in [0.29, 0.717) is 6.10 Å². The Morgan fingerprint density at radius 2 is 1.85 bits per heavy atom. The number of carbonyl (C=O) groups is 1. The zero-order valence-electron chi connectivity index (χ0n) is 13.1. The molecule has 0 spiro atoms. The van der Waals surface area contributed by atoms with Crippen molar-refractivity contribution in [1.82, 2.24) is 0 Å². The van der Waals surface area contributed by atoms with E-state index in [1.54, 1.807) is 0 Å². The fourth-order valence-electron chi connectivity index (χ4n) is 3.39. The number of carbonyl (C=O) groups excluding carboxylic acids is 1. The van der Waals surface area contributed by atoms with Crippen LogP contribution in [0.25, 0.3) is 0 Å². The second-order valence-corrected chi connectivity index (χ2v) is 6.63. The Bertz CT molecular complexity index is 295. The summed E-state index contributed by atoms with van der Waals surface area (Å²) in [4.78, 5) is 11.6. The van der Waals surface area contributed by atoms with Gasteiger partial charge in [-0.25, -0.2) is 0 Å². The molecule has 0 radical (unpaired) electrons. The van der Waals surface area contributed by atoms with Crippen LogP contribution in [0.3, 0.4) is 0 Å². The second-order valence-electron chi connectivity index (χ2n) is 6.63. The van der Waals surface area contributed by atoms with Crippen LogP contribution >= 0.6 is 0 Å². The van der Waals surface area contributed by atoms with Gasteiger partial charge in [0.25, 0.3) is 0 Å². The van der Waals surface area contributed by atoms with E-state index in [2.05, 4.69) is 6.92 Å². The van der Waals surface area contributed by atoms with Crippen LogP contribution < -0.4 is 0 Å². The molecule has 2 rings (SSSR count). The molecule has 1 saturated carbocycles. The van der Waals surface area contributed by atoms with Crippen molar-refractivity contribution < 1.29 is 14.3 Å². The lowest BCUT2D eigenvalue weighted by molar-refractivity contribution is -0.160. The molecule has 116 valence electrons. The average Bonchev–Trinajstić information content (AvgIpc) is 2.47. The number of esters is 1. The number of hydrogen-bond acceptors (Lipinski definition) is 3. The summed E-state index contributed by atoms with van der Waals surface area (Å²) in [5, 5.41) is 0. The van der Waals surface area contributed by atoms with Gasteiger partial charge in [-0.1, -0.05) is 13.8 Å². The zero-order chi connectivity index (χ0) is 14.4. The van der Waals surface area contributed by atoms with Crippen LogP contribution in [-0.2, 0) is 14.3 Å². The smallest absolute Gasteiger partial charge is 0.308 e. The molecule has 1 aliphatic heterocycles. The van der Waals surface area contributed by atoms with Gasteiger partial charge in [0.05, 0.1) is 12.0 Å². The van der Waals surface area contributed by atoms with E-state index in [9.17, 15) is 4.79 Å². The lowest BCUT2D eigenvalue weighted by Crippen LogP contribution is -2.30. The van der Waals surface area contributed by atoms with Crippen LogP contribution in [0, 0.1) is 11.8 Å². The quantitative estimate of drug-likeness (QED) is 0.688. The van der Waals surface area contributed by atoms with Gasteiger partial charge in [-0.3, -0.25) is 4.79 Å². The van der Waals surface area contributed by atoms with Gasteiger partial charge in [0.15, 0.2) is 0 Å². The van der Waals surface area contributed by atoms with Crippen LogP contribution in [0.2, 0.25) is 0 Å². The molecule has 0 bridgehead atoms. The normalized spacial score (nSPS) is 34.8. The second kappa shape index (κ2) is 8.02. The maximum atomic E-state index is 11.6. The van der Waals surface area contributed by atoms with Crippen LogP contribution in [0.1, 0.15) is 71.6 Å². The van der Waals surface area contributed by atoms with E-state index in [1.165, 1.54) is 32.1 Å². The topological polar surface area (TPSA) is 35.5 Å². The maximum Gasteiger partial charge on any atom is 0.308 e. The summed E-state index contributed by atoms with van der Waals surface area (Å²) >= 11 is 0. The monoisotopic (exact) mass is 282 g/mol. The minimum Gasteiger partial charge on any atom is -0.462 e. The average molecular weight is 282 g/mol. The molecule has 1 heterocycles. The molecular formula is C17H30O3. The van der Waals surface area contributed by atoms with E-state index < -0.39 is 0 Å². The molecule has 2 fully saturated rings. The summed E-state index contributed by atoms with van der Waals surface area (Å²) in [5.74, 6) is 0.935. The first kappa shape index (κ1) is 15.8. The van der Waals surface area contributed by atoms with Crippen molar-refractivity contribution in [2.45, 2.75) is 83.8 Å². The molecule has 1 saturated heterocycles. The zero-order valence-corrected chi connectivity index (χ0v) is 13.1. The number of rotatable bonds is 6. The first-order valence-electron chi connectivity index (χ1n) is 8.51. The Hall–Kier alpha value is -0.570. The standard InChI is InChI=1S/C17H30O3/c1-3-12-19-15-9-5-14(6-10-15)7-11-16-8-4-13(2)17(18)20-16/h13-16H,3-12H2,1-2H3. The Morgan fingerprint density at radius 3 is 2.50 bits per heavy atom. The summed E-state index contributed by atoms with van der Waals surface area (Å²) in [5.41, 5.74) is 0. The lowest BCUT2D eigenvalue weighted by atomic mass is 9.83. The largest absolute Gasteiger partial charge is 0.462 e. The summed E-state index contributed by atoms with van der Waals surface area (Å²) in [6.07, 6.45) is 11.1. The number of cyclic esters (lactones) is 1. The van der Waals surface area contributed by atoms with Crippen molar-refractivity contribution in [2.75, 3.05) is 6.61 Å². The Labute approximate surface area is 123 Å². The van der Waals surface area contributed by atoms with E-state index >= 15 is 0 Å². The van der Waals surface area contributed by atoms with Crippen LogP contribution in [0.15, 0.2) is 0 Å². The Balaban J connectivity index is 1.60. The first-order chi connectivity index (χ1) is 9.69. The van der Waals surface area contributed by atoms with Gasteiger partial charge in [-0.05, 0) is 63.7 Å². The molecule has 1 aliphatic carbocycles. The van der Waals surface area contributed by atoms with E-state index in [-0.39, 0.29) is 18.0 Å². The first-order valence-corrected chi connectivity index (χ1v) is 8.51. The molecule has 0 amide bonds. The highest BCUT2D eigenvalue weighted by Crippen LogP contribution is 2.31. The van der Waals surface area contributed by atoms with Crippen molar-refractivity contribution >= 4 is 5.97 Å². The highest BCUT2D eigenvalue weighted by molar-refractivity contribution is 5.72. The summed E-state index contributed by atoms with van der Waals surface area (Å²) in [6, 6.07) is 0. The van der Waals surface area contributed by atoms with E-state index in [4.69, 9.17) is 9.47 Å². The van der Waals surface area contributed by atoms with E-state index in [1.807, 2.05) is 6.92 Å². The molecule has 0 aromatic carbocycles.